The molecule has 0 amide bonds. The average molecular weight is 229 g/mol. The number of anilines is 1. The molecule has 0 bridgehead atoms. The van der Waals surface area contributed by atoms with E-state index in [1.165, 1.54) is 0 Å². The molecule has 1 aliphatic heterocycles. The van der Waals surface area contributed by atoms with Gasteiger partial charge >= 0.3 is 0 Å². The molecule has 15 heavy (non-hydrogen) atoms. The molecule has 1 fully saturated rings. The van der Waals surface area contributed by atoms with Crippen LogP contribution in [0.15, 0.2) is 6.20 Å². The SMILES string of the molecule is Cc1nn(C2(C)CCS(=O)(=O)C2)cc1N. The van der Waals surface area contributed by atoms with Crippen LogP contribution in [0.4, 0.5) is 5.69 Å². The van der Waals surface area contributed by atoms with Crippen molar-refractivity contribution in [2.75, 3.05) is 17.2 Å². The Hall–Kier alpha value is -1.04. The van der Waals surface area contributed by atoms with Gasteiger partial charge in [-0.1, -0.05) is 0 Å². The third-order valence-electron chi connectivity index (χ3n) is 2.97. The lowest BCUT2D eigenvalue weighted by Gasteiger charge is -2.22. The second-order valence-electron chi connectivity index (χ2n) is 4.45. The van der Waals surface area contributed by atoms with E-state index in [1.54, 1.807) is 10.9 Å². The van der Waals surface area contributed by atoms with Gasteiger partial charge in [0, 0.05) is 6.20 Å². The molecule has 1 saturated heterocycles. The topological polar surface area (TPSA) is 78.0 Å². The molecule has 0 saturated carbocycles. The lowest BCUT2D eigenvalue weighted by Crippen LogP contribution is -2.31. The van der Waals surface area contributed by atoms with E-state index in [0.29, 0.717) is 12.1 Å². The van der Waals surface area contributed by atoms with E-state index in [4.69, 9.17) is 5.73 Å². The minimum atomic E-state index is -2.91. The van der Waals surface area contributed by atoms with Crippen molar-refractivity contribution in [3.8, 4) is 0 Å². The summed E-state index contributed by atoms with van der Waals surface area (Å²) in [6, 6.07) is 0. The predicted octanol–water partition coefficient (Wildman–Crippen LogP) is 0.307. The maximum absolute atomic E-state index is 11.4. The van der Waals surface area contributed by atoms with Crippen molar-refractivity contribution in [2.45, 2.75) is 25.8 Å². The normalized spacial score (nSPS) is 29.5. The highest BCUT2D eigenvalue weighted by Crippen LogP contribution is 2.30. The van der Waals surface area contributed by atoms with Gasteiger partial charge in [-0.05, 0) is 20.3 Å². The zero-order valence-corrected chi connectivity index (χ0v) is 9.71. The van der Waals surface area contributed by atoms with Crippen LogP contribution in [0, 0.1) is 6.92 Å². The number of aromatic nitrogens is 2. The number of rotatable bonds is 1. The molecule has 5 nitrogen and oxygen atoms in total. The van der Waals surface area contributed by atoms with Gasteiger partial charge in [-0.15, -0.1) is 0 Å². The van der Waals surface area contributed by atoms with Crippen LogP contribution in [-0.4, -0.2) is 29.7 Å². The second-order valence-corrected chi connectivity index (χ2v) is 6.64. The van der Waals surface area contributed by atoms with E-state index in [9.17, 15) is 8.42 Å². The summed E-state index contributed by atoms with van der Waals surface area (Å²) in [4.78, 5) is 0. The monoisotopic (exact) mass is 229 g/mol. The fourth-order valence-electron chi connectivity index (χ4n) is 1.92. The highest BCUT2D eigenvalue weighted by molar-refractivity contribution is 7.91. The third kappa shape index (κ3) is 1.73. The first kappa shape index (κ1) is 10.5. The minimum absolute atomic E-state index is 0.153. The Kier molecular flexibility index (Phi) is 2.08. The fourth-order valence-corrected chi connectivity index (χ4v) is 4.04. The first-order valence-corrected chi connectivity index (χ1v) is 6.67. The molecule has 6 heteroatoms. The molecule has 0 aromatic carbocycles. The standard InChI is InChI=1S/C9H15N3O2S/c1-7-8(10)5-12(11-7)9(2)3-4-15(13,14)6-9/h5H,3-4,6,10H2,1-2H3. The van der Waals surface area contributed by atoms with Crippen LogP contribution in [0.1, 0.15) is 19.0 Å². The molecule has 1 aromatic rings. The zero-order chi connectivity index (χ0) is 11.3. The molecule has 0 radical (unpaired) electrons. The van der Waals surface area contributed by atoms with Gasteiger partial charge in [-0.2, -0.15) is 5.10 Å². The lowest BCUT2D eigenvalue weighted by molar-refractivity contribution is 0.327. The van der Waals surface area contributed by atoms with E-state index >= 15 is 0 Å². The summed E-state index contributed by atoms with van der Waals surface area (Å²) in [6.45, 7) is 3.72. The van der Waals surface area contributed by atoms with E-state index in [2.05, 4.69) is 5.10 Å². The third-order valence-corrected chi connectivity index (χ3v) is 4.86. The van der Waals surface area contributed by atoms with Crippen LogP contribution in [-0.2, 0) is 15.4 Å². The van der Waals surface area contributed by atoms with Gasteiger partial charge in [0.05, 0.1) is 28.4 Å². The Morgan fingerprint density at radius 3 is 2.67 bits per heavy atom. The Morgan fingerprint density at radius 2 is 2.27 bits per heavy atom. The van der Waals surface area contributed by atoms with Gasteiger partial charge in [0.2, 0.25) is 0 Å². The molecule has 1 atom stereocenters. The fraction of sp³-hybridized carbons (Fsp3) is 0.667. The Balaban J connectivity index is 2.39. The summed E-state index contributed by atoms with van der Waals surface area (Å²) in [5, 5.41) is 4.26. The van der Waals surface area contributed by atoms with Crippen LogP contribution >= 0.6 is 0 Å². The lowest BCUT2D eigenvalue weighted by atomic mass is 10.0. The molecule has 84 valence electrons. The van der Waals surface area contributed by atoms with Gasteiger partial charge in [0.15, 0.2) is 9.84 Å². The smallest absolute Gasteiger partial charge is 0.152 e. The summed E-state index contributed by atoms with van der Waals surface area (Å²) in [7, 11) is -2.91. The van der Waals surface area contributed by atoms with Crippen LogP contribution in [0.2, 0.25) is 0 Å². The summed E-state index contributed by atoms with van der Waals surface area (Å²) in [5.74, 6) is 0.392. The highest BCUT2D eigenvalue weighted by atomic mass is 32.2. The first-order chi connectivity index (χ1) is 6.82. The van der Waals surface area contributed by atoms with Gasteiger partial charge in [-0.3, -0.25) is 4.68 Å². The van der Waals surface area contributed by atoms with Crippen molar-refractivity contribution < 1.29 is 8.42 Å². The number of nitrogens with zero attached hydrogens (tertiary/aromatic N) is 2. The summed E-state index contributed by atoms with van der Waals surface area (Å²) in [5.41, 5.74) is 6.63. The molecular weight excluding hydrogens is 214 g/mol. The molecular formula is C9H15N3O2S. The van der Waals surface area contributed by atoms with Crippen molar-refractivity contribution in [3.63, 3.8) is 0 Å². The zero-order valence-electron chi connectivity index (χ0n) is 8.90. The summed E-state index contributed by atoms with van der Waals surface area (Å²) >= 11 is 0. The van der Waals surface area contributed by atoms with Crippen molar-refractivity contribution >= 4 is 15.5 Å². The maximum atomic E-state index is 11.4. The number of sulfone groups is 1. The van der Waals surface area contributed by atoms with Crippen LogP contribution < -0.4 is 5.73 Å². The van der Waals surface area contributed by atoms with Gasteiger partial charge in [0.1, 0.15) is 0 Å². The van der Waals surface area contributed by atoms with Crippen LogP contribution in [0.3, 0.4) is 0 Å². The maximum Gasteiger partial charge on any atom is 0.152 e. The Bertz CT molecular complexity index is 472. The largest absolute Gasteiger partial charge is 0.396 e. The number of hydrogen-bond donors (Lipinski definition) is 1. The van der Waals surface area contributed by atoms with E-state index < -0.39 is 15.4 Å². The van der Waals surface area contributed by atoms with Gasteiger partial charge in [-0.25, -0.2) is 8.42 Å². The molecule has 1 aliphatic rings. The summed E-state index contributed by atoms with van der Waals surface area (Å²) < 4.78 is 24.6. The Labute approximate surface area is 89.2 Å². The second kappa shape index (κ2) is 2.98. The Morgan fingerprint density at radius 1 is 1.60 bits per heavy atom. The number of hydrogen-bond acceptors (Lipinski definition) is 4. The molecule has 1 aromatic heterocycles. The van der Waals surface area contributed by atoms with Gasteiger partial charge < -0.3 is 5.73 Å². The van der Waals surface area contributed by atoms with E-state index in [1.807, 2.05) is 13.8 Å². The van der Waals surface area contributed by atoms with Crippen LogP contribution in [0.25, 0.3) is 0 Å². The quantitative estimate of drug-likeness (QED) is 0.751. The van der Waals surface area contributed by atoms with E-state index in [-0.39, 0.29) is 11.5 Å². The number of aryl methyl sites for hydroxylation is 1. The first-order valence-electron chi connectivity index (χ1n) is 4.85. The molecule has 0 aliphatic carbocycles. The number of nitrogen functional groups attached to an aromatic ring is 1. The predicted molar refractivity (Wildman–Crippen MR) is 58.3 cm³/mol. The van der Waals surface area contributed by atoms with Crippen molar-refractivity contribution in [2.24, 2.45) is 0 Å². The van der Waals surface area contributed by atoms with Crippen molar-refractivity contribution in [3.05, 3.63) is 11.9 Å². The van der Waals surface area contributed by atoms with E-state index in [0.717, 1.165) is 5.69 Å². The molecule has 2 rings (SSSR count). The average Bonchev–Trinajstić information content (AvgIpc) is 2.57. The van der Waals surface area contributed by atoms with Crippen molar-refractivity contribution in [1.82, 2.24) is 9.78 Å². The van der Waals surface area contributed by atoms with Gasteiger partial charge in [0.25, 0.3) is 0 Å². The molecule has 2 heterocycles. The highest BCUT2D eigenvalue weighted by Gasteiger charge is 2.40. The minimum Gasteiger partial charge on any atom is -0.396 e. The molecule has 0 spiro atoms. The molecule has 1 unspecified atom stereocenters. The van der Waals surface area contributed by atoms with Crippen molar-refractivity contribution in [1.29, 1.82) is 0 Å². The number of nitrogens with two attached hydrogens (primary N) is 1. The molecule has 2 N–H and O–H groups in total. The summed E-state index contributed by atoms with van der Waals surface area (Å²) in [6.07, 6.45) is 2.33. The van der Waals surface area contributed by atoms with Crippen LogP contribution in [0.5, 0.6) is 0 Å².